The van der Waals surface area contributed by atoms with Crippen molar-refractivity contribution in [3.63, 3.8) is 0 Å². The standard InChI is InChI=1S/C13H16ClN3/c14-10-12-4-1-2-5-13(12)16-6-3-8-17-9-7-15-11-17/h1-2,4-5,7,9,11,16H,3,6,8,10H2. The predicted octanol–water partition coefficient (Wildman–Crippen LogP) is 3.12. The largest absolute Gasteiger partial charge is 0.385 e. The number of aryl methyl sites for hydroxylation is 1. The van der Waals surface area contributed by atoms with Gasteiger partial charge in [0.2, 0.25) is 0 Å². The molecule has 0 unspecified atom stereocenters. The van der Waals surface area contributed by atoms with E-state index in [0.29, 0.717) is 5.88 Å². The number of hydrogen-bond acceptors (Lipinski definition) is 2. The zero-order valence-corrected chi connectivity index (χ0v) is 10.4. The molecule has 0 atom stereocenters. The molecule has 1 aromatic heterocycles. The lowest BCUT2D eigenvalue weighted by atomic mass is 10.2. The Kier molecular flexibility index (Phi) is 4.45. The molecule has 0 aliphatic rings. The minimum absolute atomic E-state index is 0.546. The zero-order chi connectivity index (χ0) is 11.9. The number of rotatable bonds is 6. The lowest BCUT2D eigenvalue weighted by Gasteiger charge is -2.10. The molecule has 2 aromatic rings. The Labute approximate surface area is 106 Å². The molecule has 2 rings (SSSR count). The van der Waals surface area contributed by atoms with Crippen LogP contribution >= 0.6 is 11.6 Å². The molecule has 0 bridgehead atoms. The lowest BCUT2D eigenvalue weighted by molar-refractivity contribution is 0.660. The molecule has 0 spiro atoms. The van der Waals surface area contributed by atoms with Crippen molar-refractivity contribution in [2.75, 3.05) is 11.9 Å². The predicted molar refractivity (Wildman–Crippen MR) is 71.3 cm³/mol. The van der Waals surface area contributed by atoms with Gasteiger partial charge in [-0.3, -0.25) is 0 Å². The summed E-state index contributed by atoms with van der Waals surface area (Å²) >= 11 is 5.87. The van der Waals surface area contributed by atoms with E-state index < -0.39 is 0 Å². The molecule has 0 saturated heterocycles. The molecular weight excluding hydrogens is 234 g/mol. The summed E-state index contributed by atoms with van der Waals surface area (Å²) in [5, 5.41) is 3.41. The summed E-state index contributed by atoms with van der Waals surface area (Å²) in [4.78, 5) is 4.01. The van der Waals surface area contributed by atoms with Crippen LogP contribution in [0.3, 0.4) is 0 Å². The first-order chi connectivity index (χ1) is 8.40. The first-order valence-electron chi connectivity index (χ1n) is 5.73. The van der Waals surface area contributed by atoms with Crippen molar-refractivity contribution in [1.82, 2.24) is 9.55 Å². The Morgan fingerprint density at radius 1 is 1.29 bits per heavy atom. The number of para-hydroxylation sites is 1. The Balaban J connectivity index is 1.78. The normalized spacial score (nSPS) is 10.4. The third-order valence-electron chi connectivity index (χ3n) is 2.63. The Bertz CT molecular complexity index is 440. The maximum absolute atomic E-state index is 5.87. The second kappa shape index (κ2) is 6.30. The van der Waals surface area contributed by atoms with Crippen LogP contribution in [0.5, 0.6) is 0 Å². The molecule has 0 aliphatic heterocycles. The summed E-state index contributed by atoms with van der Waals surface area (Å²) in [5.41, 5.74) is 2.28. The maximum Gasteiger partial charge on any atom is 0.0945 e. The Hall–Kier alpha value is -1.48. The van der Waals surface area contributed by atoms with E-state index in [1.165, 1.54) is 0 Å². The molecule has 0 radical (unpaired) electrons. The number of benzene rings is 1. The number of hydrogen-bond donors (Lipinski definition) is 1. The molecule has 90 valence electrons. The highest BCUT2D eigenvalue weighted by molar-refractivity contribution is 6.17. The lowest BCUT2D eigenvalue weighted by Crippen LogP contribution is -2.07. The molecule has 1 N–H and O–H groups in total. The van der Waals surface area contributed by atoms with Crippen LogP contribution in [-0.2, 0) is 12.4 Å². The molecular formula is C13H16ClN3. The average molecular weight is 250 g/mol. The van der Waals surface area contributed by atoms with Gasteiger partial charge in [-0.2, -0.15) is 0 Å². The molecule has 0 saturated carbocycles. The highest BCUT2D eigenvalue weighted by Gasteiger charge is 1.98. The van der Waals surface area contributed by atoms with Gasteiger partial charge in [0.1, 0.15) is 0 Å². The molecule has 0 amide bonds. The third kappa shape index (κ3) is 3.49. The monoisotopic (exact) mass is 249 g/mol. The van der Waals surface area contributed by atoms with Crippen LogP contribution in [0.25, 0.3) is 0 Å². The van der Waals surface area contributed by atoms with Gasteiger partial charge in [0, 0.05) is 37.1 Å². The summed E-state index contributed by atoms with van der Waals surface area (Å²) in [7, 11) is 0. The van der Waals surface area contributed by atoms with Gasteiger partial charge in [0.15, 0.2) is 0 Å². The Morgan fingerprint density at radius 2 is 2.18 bits per heavy atom. The van der Waals surface area contributed by atoms with Gasteiger partial charge in [0.25, 0.3) is 0 Å². The van der Waals surface area contributed by atoms with Gasteiger partial charge >= 0.3 is 0 Å². The van der Waals surface area contributed by atoms with E-state index in [1.54, 1.807) is 6.20 Å². The van der Waals surface area contributed by atoms with E-state index in [9.17, 15) is 0 Å². The third-order valence-corrected chi connectivity index (χ3v) is 2.92. The summed E-state index contributed by atoms with van der Waals surface area (Å²) in [6.07, 6.45) is 6.68. The molecule has 1 aromatic carbocycles. The van der Waals surface area contributed by atoms with Gasteiger partial charge in [-0.15, -0.1) is 11.6 Å². The fraction of sp³-hybridized carbons (Fsp3) is 0.308. The van der Waals surface area contributed by atoms with Crippen molar-refractivity contribution in [1.29, 1.82) is 0 Å². The first-order valence-corrected chi connectivity index (χ1v) is 6.27. The van der Waals surface area contributed by atoms with Crippen LogP contribution in [0.15, 0.2) is 43.0 Å². The van der Waals surface area contributed by atoms with Crippen LogP contribution in [-0.4, -0.2) is 16.1 Å². The molecule has 3 nitrogen and oxygen atoms in total. The van der Waals surface area contributed by atoms with Gasteiger partial charge in [-0.25, -0.2) is 4.98 Å². The van der Waals surface area contributed by atoms with Gasteiger partial charge in [-0.05, 0) is 18.1 Å². The molecule has 0 aliphatic carbocycles. The molecule has 0 fully saturated rings. The molecule has 4 heteroatoms. The highest BCUT2D eigenvalue weighted by Crippen LogP contribution is 2.16. The molecule has 1 heterocycles. The summed E-state index contributed by atoms with van der Waals surface area (Å²) in [5.74, 6) is 0.546. The van der Waals surface area contributed by atoms with E-state index in [0.717, 1.165) is 30.8 Å². The SMILES string of the molecule is ClCc1ccccc1NCCCn1ccnc1. The second-order valence-corrected chi connectivity index (χ2v) is 4.14. The van der Waals surface area contributed by atoms with Crippen molar-refractivity contribution in [2.24, 2.45) is 0 Å². The van der Waals surface area contributed by atoms with Crippen LogP contribution in [0.2, 0.25) is 0 Å². The van der Waals surface area contributed by atoms with E-state index >= 15 is 0 Å². The smallest absolute Gasteiger partial charge is 0.0945 e. The van der Waals surface area contributed by atoms with Crippen molar-refractivity contribution in [2.45, 2.75) is 18.8 Å². The van der Waals surface area contributed by atoms with Crippen molar-refractivity contribution < 1.29 is 0 Å². The topological polar surface area (TPSA) is 29.9 Å². The van der Waals surface area contributed by atoms with Crippen LogP contribution in [0, 0.1) is 0 Å². The number of aromatic nitrogens is 2. The minimum Gasteiger partial charge on any atom is -0.385 e. The minimum atomic E-state index is 0.546. The molecule has 17 heavy (non-hydrogen) atoms. The van der Waals surface area contributed by atoms with Gasteiger partial charge < -0.3 is 9.88 Å². The maximum atomic E-state index is 5.87. The quantitative estimate of drug-likeness (QED) is 0.630. The van der Waals surface area contributed by atoms with Crippen molar-refractivity contribution in [3.05, 3.63) is 48.5 Å². The fourth-order valence-electron chi connectivity index (χ4n) is 1.71. The number of anilines is 1. The van der Waals surface area contributed by atoms with E-state index in [-0.39, 0.29) is 0 Å². The number of halogens is 1. The average Bonchev–Trinajstić information content (AvgIpc) is 2.88. The summed E-state index contributed by atoms with van der Waals surface area (Å²) in [6, 6.07) is 8.14. The van der Waals surface area contributed by atoms with Gasteiger partial charge in [0.05, 0.1) is 6.33 Å². The number of nitrogens with one attached hydrogen (secondary N) is 1. The second-order valence-electron chi connectivity index (χ2n) is 3.87. The summed E-state index contributed by atoms with van der Waals surface area (Å²) < 4.78 is 2.08. The summed E-state index contributed by atoms with van der Waals surface area (Å²) in [6.45, 7) is 1.92. The van der Waals surface area contributed by atoms with E-state index in [1.807, 2.05) is 30.7 Å². The first kappa shape index (κ1) is 12.0. The van der Waals surface area contributed by atoms with Crippen molar-refractivity contribution in [3.8, 4) is 0 Å². The van der Waals surface area contributed by atoms with Gasteiger partial charge in [-0.1, -0.05) is 18.2 Å². The van der Waals surface area contributed by atoms with Crippen molar-refractivity contribution >= 4 is 17.3 Å². The van der Waals surface area contributed by atoms with Crippen LogP contribution in [0.1, 0.15) is 12.0 Å². The van der Waals surface area contributed by atoms with Crippen LogP contribution < -0.4 is 5.32 Å². The highest BCUT2D eigenvalue weighted by atomic mass is 35.5. The van der Waals surface area contributed by atoms with E-state index in [4.69, 9.17) is 11.6 Å². The Morgan fingerprint density at radius 3 is 2.94 bits per heavy atom. The zero-order valence-electron chi connectivity index (χ0n) is 9.64. The van der Waals surface area contributed by atoms with E-state index in [2.05, 4.69) is 20.9 Å². The fourth-order valence-corrected chi connectivity index (χ4v) is 1.95. The number of alkyl halides is 1. The van der Waals surface area contributed by atoms with Crippen LogP contribution in [0.4, 0.5) is 5.69 Å². The number of imidazole rings is 1. The number of nitrogens with zero attached hydrogens (tertiary/aromatic N) is 2.